The predicted molar refractivity (Wildman–Crippen MR) is 75.3 cm³/mol. The quantitative estimate of drug-likeness (QED) is 0.290. The van der Waals surface area contributed by atoms with Crippen molar-refractivity contribution in [2.75, 3.05) is 26.9 Å². The van der Waals surface area contributed by atoms with E-state index in [1.54, 1.807) is 7.11 Å². The van der Waals surface area contributed by atoms with Crippen molar-refractivity contribution in [2.45, 2.75) is 51.4 Å². The number of methoxy groups -OCH3 is 1. The van der Waals surface area contributed by atoms with Gasteiger partial charge in [-0.1, -0.05) is 6.42 Å². The zero-order valence-electron chi connectivity index (χ0n) is 12.5. The van der Waals surface area contributed by atoms with Gasteiger partial charge in [0.2, 0.25) is 0 Å². The van der Waals surface area contributed by atoms with Crippen molar-refractivity contribution in [3.63, 3.8) is 0 Å². The minimum Gasteiger partial charge on any atom is -0.465 e. The number of carbonyl (C=O) groups excluding carboxylic acids is 1. The van der Waals surface area contributed by atoms with Gasteiger partial charge in [-0.05, 0) is 50.9 Å². The molecule has 1 N–H and O–H groups in total. The fourth-order valence-electron chi connectivity index (χ4n) is 2.71. The number of hydrogen-bond donors (Lipinski definition) is 1. The summed E-state index contributed by atoms with van der Waals surface area (Å²) in [6.45, 7) is 1.70. The Morgan fingerprint density at radius 1 is 1.05 bits per heavy atom. The van der Waals surface area contributed by atoms with E-state index in [4.69, 9.17) is 14.7 Å². The third-order valence-corrected chi connectivity index (χ3v) is 3.96. The molecule has 1 saturated carbocycles. The summed E-state index contributed by atoms with van der Waals surface area (Å²) in [5.41, 5.74) is 0. The van der Waals surface area contributed by atoms with Gasteiger partial charge in [0.05, 0.1) is 19.1 Å². The molecule has 20 heavy (non-hydrogen) atoms. The molecule has 1 aliphatic carbocycles. The number of hydrogen-bond acceptors (Lipinski definition) is 5. The lowest BCUT2D eigenvalue weighted by Gasteiger charge is -2.26. The average molecular weight is 288 g/mol. The highest BCUT2D eigenvalue weighted by atomic mass is 17.1. The van der Waals surface area contributed by atoms with Crippen LogP contribution in [0.4, 0.5) is 0 Å². The maximum absolute atomic E-state index is 11.9. The van der Waals surface area contributed by atoms with Gasteiger partial charge in [0, 0.05) is 13.7 Å². The molecule has 1 fully saturated rings. The van der Waals surface area contributed by atoms with Crippen molar-refractivity contribution in [2.24, 2.45) is 11.8 Å². The van der Waals surface area contributed by atoms with Crippen LogP contribution in [-0.2, 0) is 19.2 Å². The first-order valence-corrected chi connectivity index (χ1v) is 7.70. The Hall–Kier alpha value is -0.650. The van der Waals surface area contributed by atoms with Crippen LogP contribution in [0.3, 0.4) is 0 Å². The second-order valence-electron chi connectivity index (χ2n) is 5.59. The molecule has 1 aliphatic rings. The summed E-state index contributed by atoms with van der Waals surface area (Å²) in [4.78, 5) is 15.9. The fraction of sp³-hybridized carbons (Fsp3) is 0.933. The molecule has 0 aromatic heterocycles. The van der Waals surface area contributed by atoms with E-state index < -0.39 is 0 Å². The van der Waals surface area contributed by atoms with E-state index in [1.165, 1.54) is 0 Å². The molecular formula is C15H28O5. The molecule has 0 atom stereocenters. The molecule has 0 spiro atoms. The SMILES string of the molecule is COCC1CCC(C(=O)OCCCCCCOO)CC1. The lowest BCUT2D eigenvalue weighted by molar-refractivity contribution is -0.242. The van der Waals surface area contributed by atoms with Crippen LogP contribution < -0.4 is 0 Å². The Morgan fingerprint density at radius 3 is 2.30 bits per heavy atom. The Bertz CT molecular complexity index is 249. The lowest BCUT2D eigenvalue weighted by Crippen LogP contribution is -2.25. The smallest absolute Gasteiger partial charge is 0.308 e. The second-order valence-corrected chi connectivity index (χ2v) is 5.59. The Morgan fingerprint density at radius 2 is 1.70 bits per heavy atom. The molecule has 0 amide bonds. The van der Waals surface area contributed by atoms with Crippen LogP contribution in [-0.4, -0.2) is 38.2 Å². The van der Waals surface area contributed by atoms with E-state index in [0.29, 0.717) is 19.1 Å². The minimum atomic E-state index is -0.0282. The molecule has 0 heterocycles. The number of ether oxygens (including phenoxy) is 2. The van der Waals surface area contributed by atoms with Crippen molar-refractivity contribution in [3.05, 3.63) is 0 Å². The van der Waals surface area contributed by atoms with Gasteiger partial charge >= 0.3 is 5.97 Å². The first-order chi connectivity index (χ1) is 9.77. The first-order valence-electron chi connectivity index (χ1n) is 7.70. The Balaban J connectivity index is 2.00. The second kappa shape index (κ2) is 11.1. The van der Waals surface area contributed by atoms with Gasteiger partial charge in [-0.2, -0.15) is 0 Å². The third kappa shape index (κ3) is 7.22. The van der Waals surface area contributed by atoms with Gasteiger partial charge in [-0.25, -0.2) is 4.89 Å². The van der Waals surface area contributed by atoms with Gasteiger partial charge in [-0.3, -0.25) is 10.1 Å². The third-order valence-electron chi connectivity index (χ3n) is 3.96. The van der Waals surface area contributed by atoms with Gasteiger partial charge in [0.25, 0.3) is 0 Å². The van der Waals surface area contributed by atoms with Crippen LogP contribution in [0.1, 0.15) is 51.4 Å². The van der Waals surface area contributed by atoms with Gasteiger partial charge in [0.1, 0.15) is 0 Å². The highest BCUT2D eigenvalue weighted by molar-refractivity contribution is 5.72. The summed E-state index contributed by atoms with van der Waals surface area (Å²) in [6.07, 6.45) is 7.70. The summed E-state index contributed by atoms with van der Waals surface area (Å²) in [6, 6.07) is 0. The van der Waals surface area contributed by atoms with E-state index >= 15 is 0 Å². The Labute approximate surface area is 121 Å². The van der Waals surface area contributed by atoms with E-state index in [9.17, 15) is 4.79 Å². The molecule has 0 aromatic rings. The lowest BCUT2D eigenvalue weighted by atomic mass is 9.82. The predicted octanol–water partition coefficient (Wildman–Crippen LogP) is 3.03. The number of rotatable bonds is 10. The van der Waals surface area contributed by atoms with E-state index in [1.807, 2.05) is 0 Å². The molecule has 5 nitrogen and oxygen atoms in total. The molecule has 0 aliphatic heterocycles. The molecule has 0 bridgehead atoms. The van der Waals surface area contributed by atoms with E-state index in [2.05, 4.69) is 4.89 Å². The number of esters is 1. The van der Waals surface area contributed by atoms with Crippen molar-refractivity contribution in [3.8, 4) is 0 Å². The van der Waals surface area contributed by atoms with Crippen LogP contribution in [0.2, 0.25) is 0 Å². The number of unbranched alkanes of at least 4 members (excludes halogenated alkanes) is 3. The highest BCUT2D eigenvalue weighted by Gasteiger charge is 2.27. The van der Waals surface area contributed by atoms with E-state index in [0.717, 1.165) is 58.0 Å². The van der Waals surface area contributed by atoms with Gasteiger partial charge in [-0.15, -0.1) is 0 Å². The molecule has 0 saturated heterocycles. The summed E-state index contributed by atoms with van der Waals surface area (Å²) < 4.78 is 10.5. The standard InChI is InChI=1S/C15H28O5/c1-18-12-13-6-8-14(9-7-13)15(16)19-10-4-2-3-5-11-20-17/h13-14,17H,2-12H2,1H3. The molecular weight excluding hydrogens is 260 g/mol. The van der Waals surface area contributed by atoms with Crippen molar-refractivity contribution < 1.29 is 24.4 Å². The van der Waals surface area contributed by atoms with Crippen LogP contribution in [0, 0.1) is 11.8 Å². The molecule has 5 heteroatoms. The van der Waals surface area contributed by atoms with Gasteiger partial charge < -0.3 is 9.47 Å². The van der Waals surface area contributed by atoms with Crippen molar-refractivity contribution in [1.29, 1.82) is 0 Å². The van der Waals surface area contributed by atoms with Crippen LogP contribution in [0.5, 0.6) is 0 Å². The summed E-state index contributed by atoms with van der Waals surface area (Å²) in [5, 5.41) is 8.16. The normalized spacial score (nSPS) is 22.7. The molecule has 0 radical (unpaired) electrons. The summed E-state index contributed by atoms with van der Waals surface area (Å²) >= 11 is 0. The largest absolute Gasteiger partial charge is 0.465 e. The summed E-state index contributed by atoms with van der Waals surface area (Å²) in [5.74, 6) is 0.670. The zero-order valence-corrected chi connectivity index (χ0v) is 12.5. The summed E-state index contributed by atoms with van der Waals surface area (Å²) in [7, 11) is 1.73. The van der Waals surface area contributed by atoms with Crippen LogP contribution in [0.15, 0.2) is 0 Å². The fourth-order valence-corrected chi connectivity index (χ4v) is 2.71. The van der Waals surface area contributed by atoms with Crippen LogP contribution in [0.25, 0.3) is 0 Å². The Kier molecular flexibility index (Phi) is 9.62. The average Bonchev–Trinajstić information content (AvgIpc) is 2.47. The van der Waals surface area contributed by atoms with Crippen molar-refractivity contribution in [1.82, 2.24) is 0 Å². The topological polar surface area (TPSA) is 65.0 Å². The molecule has 0 unspecified atom stereocenters. The monoisotopic (exact) mass is 288 g/mol. The van der Waals surface area contributed by atoms with Crippen LogP contribution >= 0.6 is 0 Å². The van der Waals surface area contributed by atoms with Crippen molar-refractivity contribution >= 4 is 5.97 Å². The minimum absolute atomic E-state index is 0.0282. The maximum atomic E-state index is 11.9. The maximum Gasteiger partial charge on any atom is 0.308 e. The van der Waals surface area contributed by atoms with Gasteiger partial charge in [0.15, 0.2) is 0 Å². The molecule has 1 rings (SSSR count). The first kappa shape index (κ1) is 17.4. The van der Waals surface area contributed by atoms with E-state index in [-0.39, 0.29) is 11.9 Å². The highest BCUT2D eigenvalue weighted by Crippen LogP contribution is 2.29. The zero-order chi connectivity index (χ0) is 14.6. The molecule has 118 valence electrons. The number of carbonyl (C=O) groups is 1. The molecule has 0 aromatic carbocycles.